The van der Waals surface area contributed by atoms with Gasteiger partial charge in [0.05, 0.1) is 5.75 Å². The second kappa shape index (κ2) is 5.39. The van der Waals surface area contributed by atoms with Gasteiger partial charge in [0.25, 0.3) is 0 Å². The molecule has 0 unspecified atom stereocenters. The highest BCUT2D eigenvalue weighted by molar-refractivity contribution is 7.99. The average molecular weight is 213 g/mol. The summed E-state index contributed by atoms with van der Waals surface area (Å²) in [6.07, 6.45) is 0. The van der Waals surface area contributed by atoms with Gasteiger partial charge in [-0.15, -0.1) is 0 Å². The molecule has 0 fully saturated rings. The first-order valence-electron chi connectivity index (χ1n) is 3.70. The largest absolute Gasteiger partial charge is 0.477 e. The highest BCUT2D eigenvalue weighted by atomic mass is 32.2. The lowest BCUT2D eigenvalue weighted by Gasteiger charge is -2.12. The first-order valence-corrected chi connectivity index (χ1v) is 4.85. The van der Waals surface area contributed by atoms with Crippen molar-refractivity contribution >= 4 is 17.7 Å². The van der Waals surface area contributed by atoms with Gasteiger partial charge < -0.3 is 10.0 Å². The number of alkyl halides is 2. The van der Waals surface area contributed by atoms with Crippen LogP contribution in [-0.2, 0) is 4.79 Å². The first-order chi connectivity index (χ1) is 5.86. The zero-order valence-corrected chi connectivity index (χ0v) is 8.40. The SMILES string of the molecule is CN(C)CCSCC(F)(F)C(=O)O. The minimum absolute atomic E-state index is 0.510. The van der Waals surface area contributed by atoms with Gasteiger partial charge in [-0.25, -0.2) is 4.79 Å². The smallest absolute Gasteiger partial charge is 0.375 e. The standard InChI is InChI=1S/C7H13F2NO2S/c1-10(2)3-4-13-5-7(8,9)6(11)12/h3-5H2,1-2H3,(H,11,12). The second-order valence-corrected chi connectivity index (χ2v) is 3.97. The minimum atomic E-state index is -3.60. The van der Waals surface area contributed by atoms with E-state index in [0.29, 0.717) is 12.3 Å². The molecule has 0 rings (SSSR count). The van der Waals surface area contributed by atoms with Crippen molar-refractivity contribution in [3.8, 4) is 0 Å². The topological polar surface area (TPSA) is 40.5 Å². The Balaban J connectivity index is 3.58. The number of hydrogen-bond acceptors (Lipinski definition) is 3. The number of halogens is 2. The summed E-state index contributed by atoms with van der Waals surface area (Å²) in [5.41, 5.74) is 0. The summed E-state index contributed by atoms with van der Waals surface area (Å²) in [6, 6.07) is 0. The van der Waals surface area contributed by atoms with Crippen molar-refractivity contribution < 1.29 is 18.7 Å². The van der Waals surface area contributed by atoms with Gasteiger partial charge in [0.15, 0.2) is 0 Å². The molecule has 0 bridgehead atoms. The maximum atomic E-state index is 12.4. The molecule has 0 aliphatic rings. The zero-order chi connectivity index (χ0) is 10.5. The Hall–Kier alpha value is -0.360. The Kier molecular flexibility index (Phi) is 5.24. The summed E-state index contributed by atoms with van der Waals surface area (Å²) < 4.78 is 24.9. The molecule has 6 heteroatoms. The van der Waals surface area contributed by atoms with Gasteiger partial charge in [0.1, 0.15) is 0 Å². The molecule has 0 saturated heterocycles. The third-order valence-electron chi connectivity index (χ3n) is 1.28. The fourth-order valence-corrected chi connectivity index (χ4v) is 1.53. The lowest BCUT2D eigenvalue weighted by atomic mass is 10.4. The van der Waals surface area contributed by atoms with Gasteiger partial charge in [0, 0.05) is 12.3 Å². The van der Waals surface area contributed by atoms with Crippen LogP contribution in [0.4, 0.5) is 8.78 Å². The van der Waals surface area contributed by atoms with Crippen molar-refractivity contribution in [3.63, 3.8) is 0 Å². The molecule has 1 N–H and O–H groups in total. The van der Waals surface area contributed by atoms with Gasteiger partial charge in [-0.3, -0.25) is 0 Å². The number of thioether (sulfide) groups is 1. The lowest BCUT2D eigenvalue weighted by molar-refractivity contribution is -0.161. The monoisotopic (exact) mass is 213 g/mol. The van der Waals surface area contributed by atoms with E-state index in [1.54, 1.807) is 0 Å². The van der Waals surface area contributed by atoms with Gasteiger partial charge in [-0.1, -0.05) is 0 Å². The quantitative estimate of drug-likeness (QED) is 0.668. The van der Waals surface area contributed by atoms with E-state index in [4.69, 9.17) is 5.11 Å². The highest BCUT2D eigenvalue weighted by Crippen LogP contribution is 2.19. The van der Waals surface area contributed by atoms with Crippen LogP contribution in [0.2, 0.25) is 0 Å². The highest BCUT2D eigenvalue weighted by Gasteiger charge is 2.38. The molecule has 0 atom stereocenters. The van der Waals surface area contributed by atoms with E-state index in [2.05, 4.69) is 0 Å². The molecule has 0 aliphatic carbocycles. The molecule has 0 radical (unpaired) electrons. The third-order valence-corrected chi connectivity index (χ3v) is 2.32. The molecule has 3 nitrogen and oxygen atoms in total. The van der Waals surface area contributed by atoms with Crippen molar-refractivity contribution in [2.75, 3.05) is 32.1 Å². The summed E-state index contributed by atoms with van der Waals surface area (Å²) in [4.78, 5) is 11.8. The molecule has 0 aliphatic heterocycles. The Bertz CT molecular complexity index is 176. The number of carbonyl (C=O) groups is 1. The van der Waals surface area contributed by atoms with Gasteiger partial charge in [-0.2, -0.15) is 20.5 Å². The van der Waals surface area contributed by atoms with E-state index in [1.165, 1.54) is 0 Å². The fourth-order valence-electron chi connectivity index (χ4n) is 0.509. The predicted octanol–water partition coefficient (Wildman–Crippen LogP) is 1.00. The molecular weight excluding hydrogens is 200 g/mol. The summed E-state index contributed by atoms with van der Waals surface area (Å²) in [7, 11) is 3.66. The number of carboxylic acids is 1. The molecule has 0 heterocycles. The van der Waals surface area contributed by atoms with Gasteiger partial charge in [-0.05, 0) is 14.1 Å². The van der Waals surface area contributed by atoms with E-state index < -0.39 is 17.6 Å². The Labute approximate surface area is 80.1 Å². The van der Waals surface area contributed by atoms with E-state index >= 15 is 0 Å². The maximum Gasteiger partial charge on any atom is 0.375 e. The maximum absolute atomic E-state index is 12.4. The number of hydrogen-bond donors (Lipinski definition) is 1. The number of nitrogens with zero attached hydrogens (tertiary/aromatic N) is 1. The third kappa shape index (κ3) is 5.81. The van der Waals surface area contributed by atoms with Crippen LogP contribution in [0.15, 0.2) is 0 Å². The van der Waals surface area contributed by atoms with Gasteiger partial charge >= 0.3 is 11.9 Å². The molecular formula is C7H13F2NO2S. The number of rotatable bonds is 6. The Morgan fingerprint density at radius 2 is 2.08 bits per heavy atom. The predicted molar refractivity (Wildman–Crippen MR) is 48.5 cm³/mol. The molecule has 0 aromatic heterocycles. The van der Waals surface area contributed by atoms with Crippen LogP contribution in [0.3, 0.4) is 0 Å². The minimum Gasteiger partial charge on any atom is -0.477 e. The lowest BCUT2D eigenvalue weighted by Crippen LogP contribution is -2.31. The molecule has 0 aromatic carbocycles. The van der Waals surface area contributed by atoms with Crippen molar-refractivity contribution in [1.29, 1.82) is 0 Å². The van der Waals surface area contributed by atoms with Gasteiger partial charge in [0.2, 0.25) is 0 Å². The van der Waals surface area contributed by atoms with Crippen LogP contribution in [-0.4, -0.2) is 54.0 Å². The van der Waals surface area contributed by atoms with Crippen molar-refractivity contribution in [2.24, 2.45) is 0 Å². The zero-order valence-electron chi connectivity index (χ0n) is 7.59. The average Bonchev–Trinajstić information content (AvgIpc) is 1.97. The van der Waals surface area contributed by atoms with Crippen LogP contribution >= 0.6 is 11.8 Å². The summed E-state index contributed by atoms with van der Waals surface area (Å²) in [5, 5.41) is 8.08. The van der Waals surface area contributed by atoms with Crippen LogP contribution < -0.4 is 0 Å². The van der Waals surface area contributed by atoms with Crippen molar-refractivity contribution in [2.45, 2.75) is 5.92 Å². The van der Waals surface area contributed by atoms with Crippen LogP contribution in [0, 0.1) is 0 Å². The normalized spacial score (nSPS) is 12.1. The van der Waals surface area contributed by atoms with E-state index in [1.807, 2.05) is 19.0 Å². The van der Waals surface area contributed by atoms with Crippen LogP contribution in [0.1, 0.15) is 0 Å². The van der Waals surface area contributed by atoms with E-state index in [-0.39, 0.29) is 0 Å². The molecule has 78 valence electrons. The molecule has 13 heavy (non-hydrogen) atoms. The summed E-state index contributed by atoms with van der Waals surface area (Å²) >= 11 is 0.944. The van der Waals surface area contributed by atoms with Crippen molar-refractivity contribution in [3.05, 3.63) is 0 Å². The fraction of sp³-hybridized carbons (Fsp3) is 0.857. The molecule has 0 spiro atoms. The number of aliphatic carboxylic acids is 1. The Morgan fingerprint density at radius 3 is 2.46 bits per heavy atom. The summed E-state index contributed by atoms with van der Waals surface area (Å²) in [5.74, 6) is -5.80. The van der Waals surface area contributed by atoms with Crippen molar-refractivity contribution in [1.82, 2.24) is 4.90 Å². The van der Waals surface area contributed by atoms with E-state index in [9.17, 15) is 13.6 Å². The molecule has 0 amide bonds. The van der Waals surface area contributed by atoms with E-state index in [0.717, 1.165) is 11.8 Å². The molecule has 0 saturated carbocycles. The number of carboxylic acid groups (broad SMARTS) is 1. The second-order valence-electron chi connectivity index (χ2n) is 2.87. The Morgan fingerprint density at radius 1 is 1.54 bits per heavy atom. The first kappa shape index (κ1) is 12.6. The summed E-state index contributed by atoms with van der Waals surface area (Å²) in [6.45, 7) is 0.667. The van der Waals surface area contributed by atoms with Crippen LogP contribution in [0.25, 0.3) is 0 Å². The molecule has 0 aromatic rings. The van der Waals surface area contributed by atoms with Crippen LogP contribution in [0.5, 0.6) is 0 Å².